The second-order valence-electron chi connectivity index (χ2n) is 8.42. The Bertz CT molecular complexity index is 659. The van der Waals surface area contributed by atoms with Crippen LogP contribution in [0.3, 0.4) is 0 Å². The molecule has 28 heavy (non-hydrogen) atoms. The first-order valence-corrected chi connectivity index (χ1v) is 10.5. The third-order valence-electron chi connectivity index (χ3n) is 4.89. The lowest BCUT2D eigenvalue weighted by atomic mass is 9.96. The molecule has 3 N–H and O–H groups in total. The van der Waals surface area contributed by atoms with Crippen LogP contribution in [0.4, 0.5) is 5.69 Å². The highest BCUT2D eigenvalue weighted by atomic mass is 16.2. The van der Waals surface area contributed by atoms with Gasteiger partial charge in [0.1, 0.15) is 0 Å². The lowest BCUT2D eigenvalue weighted by molar-refractivity contribution is -0.128. The van der Waals surface area contributed by atoms with Gasteiger partial charge in [-0.25, -0.2) is 0 Å². The largest absolute Gasteiger partial charge is 0.372 e. The van der Waals surface area contributed by atoms with E-state index in [1.807, 2.05) is 20.8 Å². The van der Waals surface area contributed by atoms with Crippen molar-refractivity contribution in [3.63, 3.8) is 0 Å². The zero-order valence-electron chi connectivity index (χ0n) is 18.1. The lowest BCUT2D eigenvalue weighted by Crippen LogP contribution is -2.40. The van der Waals surface area contributed by atoms with Crippen LogP contribution >= 0.6 is 0 Å². The first-order chi connectivity index (χ1) is 13.3. The lowest BCUT2D eigenvalue weighted by Gasteiger charge is -2.22. The van der Waals surface area contributed by atoms with Gasteiger partial charge in [-0.15, -0.1) is 0 Å². The number of nitrogens with one attached hydrogen (secondary N) is 3. The molecule has 1 aliphatic heterocycles. The fraction of sp³-hybridized carbons (Fsp3) is 0.636. The molecule has 156 valence electrons. The molecule has 0 spiro atoms. The van der Waals surface area contributed by atoms with Crippen molar-refractivity contribution in [1.29, 1.82) is 0 Å². The topological polar surface area (TPSA) is 68.8 Å². The summed E-state index contributed by atoms with van der Waals surface area (Å²) in [4.78, 5) is 19.0. The Hall–Kier alpha value is -2.24. The van der Waals surface area contributed by atoms with E-state index < -0.39 is 0 Å². The molecule has 2 rings (SSSR count). The highest BCUT2D eigenvalue weighted by molar-refractivity contribution is 5.81. The van der Waals surface area contributed by atoms with Crippen molar-refractivity contribution in [1.82, 2.24) is 16.0 Å². The van der Waals surface area contributed by atoms with Crippen molar-refractivity contribution in [2.75, 3.05) is 37.6 Å². The third kappa shape index (κ3) is 6.73. The Kier molecular flexibility index (Phi) is 8.15. The van der Waals surface area contributed by atoms with Gasteiger partial charge in [0.05, 0.1) is 12.6 Å². The molecule has 0 aliphatic carbocycles. The predicted molar refractivity (Wildman–Crippen MR) is 118 cm³/mol. The van der Waals surface area contributed by atoms with Crippen molar-refractivity contribution in [3.05, 3.63) is 29.8 Å². The summed E-state index contributed by atoms with van der Waals surface area (Å²) in [5.41, 5.74) is 2.17. The highest BCUT2D eigenvalue weighted by Crippen LogP contribution is 2.23. The molecule has 1 aromatic carbocycles. The number of carbonyl (C=O) groups is 1. The predicted octanol–water partition coefficient (Wildman–Crippen LogP) is 3.07. The average Bonchev–Trinajstić information content (AvgIpc) is 3.19. The molecule has 0 aromatic heterocycles. The van der Waals surface area contributed by atoms with Crippen LogP contribution in [0.1, 0.15) is 59.1 Å². The van der Waals surface area contributed by atoms with Gasteiger partial charge in [0.2, 0.25) is 5.91 Å². The van der Waals surface area contributed by atoms with Gasteiger partial charge in [-0.3, -0.25) is 9.79 Å². The van der Waals surface area contributed by atoms with E-state index in [9.17, 15) is 4.79 Å². The molecule has 1 aromatic rings. The zero-order valence-corrected chi connectivity index (χ0v) is 18.1. The molecule has 1 fully saturated rings. The number of rotatable bonds is 7. The van der Waals surface area contributed by atoms with E-state index in [0.717, 1.165) is 25.6 Å². The minimum atomic E-state index is -0.374. The Morgan fingerprint density at radius 3 is 2.57 bits per heavy atom. The molecule has 1 unspecified atom stereocenters. The Morgan fingerprint density at radius 1 is 1.21 bits per heavy atom. The molecule has 0 saturated carbocycles. The SMILES string of the molecule is CCNC(=NCCNC(=O)C(C)(C)C)NC(C)c1cccc(N2CCCC2)c1. The number of benzene rings is 1. The molecule has 1 heterocycles. The van der Waals surface area contributed by atoms with Crippen molar-refractivity contribution < 1.29 is 4.79 Å². The maximum Gasteiger partial charge on any atom is 0.225 e. The van der Waals surface area contributed by atoms with Crippen LogP contribution < -0.4 is 20.9 Å². The van der Waals surface area contributed by atoms with Crippen molar-refractivity contribution in [3.8, 4) is 0 Å². The van der Waals surface area contributed by atoms with Crippen LogP contribution in [-0.2, 0) is 4.79 Å². The fourth-order valence-corrected chi connectivity index (χ4v) is 3.18. The summed E-state index contributed by atoms with van der Waals surface area (Å²) in [7, 11) is 0. The van der Waals surface area contributed by atoms with E-state index in [-0.39, 0.29) is 17.4 Å². The van der Waals surface area contributed by atoms with Crippen LogP contribution in [0.2, 0.25) is 0 Å². The average molecular weight is 388 g/mol. The van der Waals surface area contributed by atoms with Crippen molar-refractivity contribution in [2.24, 2.45) is 10.4 Å². The normalized spacial score (nSPS) is 16.0. The molecule has 0 radical (unpaired) electrons. The number of carbonyl (C=O) groups excluding carboxylic acids is 1. The van der Waals surface area contributed by atoms with E-state index in [0.29, 0.717) is 13.1 Å². The van der Waals surface area contributed by atoms with Gasteiger partial charge >= 0.3 is 0 Å². The second-order valence-corrected chi connectivity index (χ2v) is 8.42. The Morgan fingerprint density at radius 2 is 1.93 bits per heavy atom. The second kappa shape index (κ2) is 10.3. The minimum absolute atomic E-state index is 0.0488. The van der Waals surface area contributed by atoms with E-state index in [2.05, 4.69) is 64.0 Å². The van der Waals surface area contributed by atoms with Crippen LogP contribution in [0.5, 0.6) is 0 Å². The van der Waals surface area contributed by atoms with Gasteiger partial charge in [-0.2, -0.15) is 0 Å². The summed E-state index contributed by atoms with van der Waals surface area (Å²) < 4.78 is 0. The van der Waals surface area contributed by atoms with Gasteiger partial charge in [-0.05, 0) is 44.4 Å². The van der Waals surface area contributed by atoms with Crippen LogP contribution in [0.25, 0.3) is 0 Å². The summed E-state index contributed by atoms with van der Waals surface area (Å²) >= 11 is 0. The number of nitrogens with zero attached hydrogens (tertiary/aromatic N) is 2. The van der Waals surface area contributed by atoms with Crippen LogP contribution in [0, 0.1) is 5.41 Å². The molecule has 0 bridgehead atoms. The maximum atomic E-state index is 11.9. The summed E-state index contributed by atoms with van der Waals surface area (Å²) in [5, 5.41) is 9.70. The number of hydrogen-bond donors (Lipinski definition) is 3. The van der Waals surface area contributed by atoms with Gasteiger partial charge in [0.15, 0.2) is 5.96 Å². The first-order valence-electron chi connectivity index (χ1n) is 10.5. The summed E-state index contributed by atoms with van der Waals surface area (Å²) in [5.74, 6) is 0.819. The first kappa shape index (κ1) is 22.1. The summed E-state index contributed by atoms with van der Waals surface area (Å²) in [6, 6.07) is 8.90. The summed E-state index contributed by atoms with van der Waals surface area (Å²) in [6.07, 6.45) is 2.56. The van der Waals surface area contributed by atoms with Crippen LogP contribution in [0.15, 0.2) is 29.3 Å². The Labute approximate surface area is 170 Å². The Balaban J connectivity index is 1.93. The van der Waals surface area contributed by atoms with Gasteiger partial charge < -0.3 is 20.9 Å². The molecular weight excluding hydrogens is 350 g/mol. The smallest absolute Gasteiger partial charge is 0.225 e. The maximum absolute atomic E-state index is 11.9. The number of aliphatic imine (C=N–C) groups is 1. The molecule has 6 nitrogen and oxygen atoms in total. The van der Waals surface area contributed by atoms with Gasteiger partial charge in [-0.1, -0.05) is 32.9 Å². The molecule has 1 amide bonds. The van der Waals surface area contributed by atoms with E-state index in [1.54, 1.807) is 0 Å². The monoisotopic (exact) mass is 387 g/mol. The van der Waals surface area contributed by atoms with Crippen molar-refractivity contribution >= 4 is 17.6 Å². The number of guanidine groups is 1. The zero-order chi connectivity index (χ0) is 20.6. The number of amides is 1. The van der Waals surface area contributed by atoms with E-state index >= 15 is 0 Å². The highest BCUT2D eigenvalue weighted by Gasteiger charge is 2.20. The van der Waals surface area contributed by atoms with Crippen molar-refractivity contribution in [2.45, 2.75) is 53.5 Å². The fourth-order valence-electron chi connectivity index (χ4n) is 3.18. The van der Waals surface area contributed by atoms with E-state index in [1.165, 1.54) is 24.1 Å². The molecule has 1 saturated heterocycles. The van der Waals surface area contributed by atoms with Crippen LogP contribution in [-0.4, -0.2) is 44.6 Å². The summed E-state index contributed by atoms with van der Waals surface area (Å²) in [6.45, 7) is 14.1. The minimum Gasteiger partial charge on any atom is -0.372 e. The molecule has 6 heteroatoms. The molecule has 1 atom stereocenters. The van der Waals surface area contributed by atoms with E-state index in [4.69, 9.17) is 0 Å². The molecular formula is C22H37N5O. The quantitative estimate of drug-likeness (QED) is 0.382. The van der Waals surface area contributed by atoms with Gasteiger partial charge in [0, 0.05) is 37.3 Å². The standard InChI is InChI=1S/C22H37N5O/c1-6-23-21(25-13-12-24-20(28)22(3,4)5)26-17(2)18-10-9-11-19(16-18)27-14-7-8-15-27/h9-11,16-17H,6-8,12-15H2,1-5H3,(H,24,28)(H2,23,25,26). The molecule has 1 aliphatic rings. The third-order valence-corrected chi connectivity index (χ3v) is 4.89. The number of anilines is 1. The number of hydrogen-bond acceptors (Lipinski definition) is 3. The van der Waals surface area contributed by atoms with Gasteiger partial charge in [0.25, 0.3) is 0 Å².